The predicted octanol–water partition coefficient (Wildman–Crippen LogP) is 4.02. The van der Waals surface area contributed by atoms with Crippen molar-refractivity contribution in [2.45, 2.75) is 31.7 Å². The summed E-state index contributed by atoms with van der Waals surface area (Å²) in [5.41, 5.74) is 1.13. The maximum Gasteiger partial charge on any atom is 0.260 e. The predicted molar refractivity (Wildman–Crippen MR) is 87.0 cm³/mol. The minimum atomic E-state index is -0.473. The van der Waals surface area contributed by atoms with Crippen molar-refractivity contribution in [2.75, 3.05) is 11.6 Å². The number of amides is 1. The van der Waals surface area contributed by atoms with Gasteiger partial charge in [0.25, 0.3) is 5.91 Å². The number of hydrogen-bond acceptors (Lipinski definition) is 4. The Labute approximate surface area is 133 Å². The van der Waals surface area contributed by atoms with E-state index in [1.54, 1.807) is 19.1 Å². The van der Waals surface area contributed by atoms with Crippen molar-refractivity contribution in [3.63, 3.8) is 0 Å². The first-order chi connectivity index (χ1) is 10.4. The number of anilines is 1. The van der Waals surface area contributed by atoms with Gasteiger partial charge in [0.1, 0.15) is 16.7 Å². The van der Waals surface area contributed by atoms with E-state index in [4.69, 9.17) is 0 Å². The summed E-state index contributed by atoms with van der Waals surface area (Å²) in [6.45, 7) is 5.76. The van der Waals surface area contributed by atoms with Crippen molar-refractivity contribution in [3.05, 3.63) is 47.2 Å². The number of aryl methyl sites for hydroxylation is 1. The maximum absolute atomic E-state index is 13.7. The Hall–Kier alpha value is -1.95. The summed E-state index contributed by atoms with van der Waals surface area (Å²) in [5, 5.41) is 3.19. The number of rotatable bonds is 4. The van der Waals surface area contributed by atoms with Crippen LogP contribution in [-0.4, -0.2) is 22.1 Å². The molecule has 0 saturated heterocycles. The topological polar surface area (TPSA) is 54.9 Å². The molecule has 0 saturated carbocycles. The first kappa shape index (κ1) is 16.4. The molecule has 0 spiro atoms. The Kier molecular flexibility index (Phi) is 5.13. The van der Waals surface area contributed by atoms with E-state index in [9.17, 15) is 9.18 Å². The average molecular weight is 319 g/mol. The van der Waals surface area contributed by atoms with E-state index in [2.05, 4.69) is 15.3 Å². The number of halogens is 1. The molecule has 0 radical (unpaired) electrons. The lowest BCUT2D eigenvalue weighted by Crippen LogP contribution is -2.18. The van der Waals surface area contributed by atoms with Crippen molar-refractivity contribution < 1.29 is 9.18 Å². The van der Waals surface area contributed by atoms with Crippen LogP contribution in [0.2, 0.25) is 0 Å². The normalized spacial score (nSPS) is 10.8. The summed E-state index contributed by atoms with van der Waals surface area (Å²) in [6, 6.07) is 6.06. The molecule has 1 amide bonds. The van der Waals surface area contributed by atoms with Crippen LogP contribution in [0.3, 0.4) is 0 Å². The highest BCUT2D eigenvalue weighted by atomic mass is 32.2. The second-order valence-corrected chi connectivity index (χ2v) is 5.94. The van der Waals surface area contributed by atoms with Crippen molar-refractivity contribution in [2.24, 2.45) is 0 Å². The van der Waals surface area contributed by atoms with Gasteiger partial charge in [-0.25, -0.2) is 14.4 Å². The third kappa shape index (κ3) is 3.44. The summed E-state index contributed by atoms with van der Waals surface area (Å²) < 4.78 is 13.7. The van der Waals surface area contributed by atoms with E-state index in [1.807, 2.05) is 20.1 Å². The van der Waals surface area contributed by atoms with Crippen LogP contribution in [0.25, 0.3) is 0 Å². The minimum Gasteiger partial charge on any atom is -0.319 e. The molecule has 2 aromatic rings. The first-order valence-electron chi connectivity index (χ1n) is 6.92. The van der Waals surface area contributed by atoms with Gasteiger partial charge in [0.15, 0.2) is 0 Å². The molecule has 0 aliphatic carbocycles. The van der Waals surface area contributed by atoms with E-state index >= 15 is 0 Å². The lowest BCUT2D eigenvalue weighted by atomic mass is 10.1. The van der Waals surface area contributed by atoms with Gasteiger partial charge in [-0.1, -0.05) is 26.0 Å². The molecule has 22 heavy (non-hydrogen) atoms. The third-order valence-electron chi connectivity index (χ3n) is 3.13. The molecule has 0 bridgehead atoms. The summed E-state index contributed by atoms with van der Waals surface area (Å²) in [6.07, 6.45) is 1.85. The molecule has 116 valence electrons. The monoisotopic (exact) mass is 319 g/mol. The van der Waals surface area contributed by atoms with E-state index in [1.165, 1.54) is 23.9 Å². The smallest absolute Gasteiger partial charge is 0.260 e. The SMILES string of the molecule is CSc1nc(C(C)C)nc(C)c1C(=O)Nc1ccccc1F. The number of carbonyl (C=O) groups is 1. The van der Waals surface area contributed by atoms with E-state index in [-0.39, 0.29) is 11.6 Å². The summed E-state index contributed by atoms with van der Waals surface area (Å²) in [5.74, 6) is -0.00116. The molecule has 6 heteroatoms. The largest absolute Gasteiger partial charge is 0.319 e. The molecule has 1 N–H and O–H groups in total. The summed E-state index contributed by atoms with van der Waals surface area (Å²) >= 11 is 1.38. The van der Waals surface area contributed by atoms with Crippen LogP contribution in [0.5, 0.6) is 0 Å². The number of carbonyl (C=O) groups excluding carboxylic acids is 1. The molecule has 1 aromatic carbocycles. The van der Waals surface area contributed by atoms with Gasteiger partial charge in [0, 0.05) is 5.92 Å². The van der Waals surface area contributed by atoms with E-state index < -0.39 is 11.7 Å². The van der Waals surface area contributed by atoms with Crippen LogP contribution in [0, 0.1) is 12.7 Å². The number of thioether (sulfide) groups is 1. The highest BCUT2D eigenvalue weighted by molar-refractivity contribution is 7.98. The van der Waals surface area contributed by atoms with Crippen LogP contribution in [0.4, 0.5) is 10.1 Å². The van der Waals surface area contributed by atoms with Crippen LogP contribution >= 0.6 is 11.8 Å². The highest BCUT2D eigenvalue weighted by Crippen LogP contribution is 2.24. The van der Waals surface area contributed by atoms with Crippen LogP contribution in [-0.2, 0) is 0 Å². The molecule has 0 aliphatic heterocycles. The molecule has 0 unspecified atom stereocenters. The second kappa shape index (κ2) is 6.87. The van der Waals surface area contributed by atoms with Gasteiger partial charge in [0.05, 0.1) is 16.9 Å². The van der Waals surface area contributed by atoms with Gasteiger partial charge in [-0.3, -0.25) is 4.79 Å². The lowest BCUT2D eigenvalue weighted by molar-refractivity contribution is 0.102. The Balaban J connectivity index is 2.39. The average Bonchev–Trinajstić information content (AvgIpc) is 2.48. The van der Waals surface area contributed by atoms with Gasteiger partial charge in [-0.15, -0.1) is 11.8 Å². The fourth-order valence-electron chi connectivity index (χ4n) is 1.98. The van der Waals surface area contributed by atoms with Crippen molar-refractivity contribution in [3.8, 4) is 0 Å². The van der Waals surface area contributed by atoms with Crippen LogP contribution in [0.1, 0.15) is 41.6 Å². The quantitative estimate of drug-likeness (QED) is 0.683. The van der Waals surface area contributed by atoms with Crippen LogP contribution < -0.4 is 5.32 Å². The Bertz CT molecular complexity index is 704. The van der Waals surface area contributed by atoms with Crippen LogP contribution in [0.15, 0.2) is 29.3 Å². The molecular weight excluding hydrogens is 301 g/mol. The molecular formula is C16H18FN3OS. The van der Waals surface area contributed by atoms with Gasteiger partial charge < -0.3 is 5.32 Å². The van der Waals surface area contributed by atoms with Crippen molar-refractivity contribution >= 4 is 23.4 Å². The van der Waals surface area contributed by atoms with Gasteiger partial charge in [-0.05, 0) is 25.3 Å². The zero-order valence-electron chi connectivity index (χ0n) is 13.0. The van der Waals surface area contributed by atoms with Gasteiger partial charge in [0.2, 0.25) is 0 Å². The Morgan fingerprint density at radius 2 is 1.95 bits per heavy atom. The highest BCUT2D eigenvalue weighted by Gasteiger charge is 2.20. The van der Waals surface area contributed by atoms with Gasteiger partial charge in [-0.2, -0.15) is 0 Å². The molecule has 2 rings (SSSR count). The first-order valence-corrected chi connectivity index (χ1v) is 8.15. The molecule has 0 fully saturated rings. The third-order valence-corrected chi connectivity index (χ3v) is 3.81. The fraction of sp³-hybridized carbons (Fsp3) is 0.312. The molecule has 1 aromatic heterocycles. The summed E-state index contributed by atoms with van der Waals surface area (Å²) in [4.78, 5) is 21.3. The zero-order chi connectivity index (χ0) is 16.3. The zero-order valence-corrected chi connectivity index (χ0v) is 13.8. The molecule has 1 heterocycles. The second-order valence-electron chi connectivity index (χ2n) is 5.14. The minimum absolute atomic E-state index is 0.145. The molecule has 4 nitrogen and oxygen atoms in total. The fourth-order valence-corrected chi connectivity index (χ4v) is 2.61. The Morgan fingerprint density at radius 1 is 1.27 bits per heavy atom. The number of nitrogens with one attached hydrogen (secondary N) is 1. The number of benzene rings is 1. The van der Waals surface area contributed by atoms with Gasteiger partial charge >= 0.3 is 0 Å². The Morgan fingerprint density at radius 3 is 2.55 bits per heavy atom. The standard InChI is InChI=1S/C16H18FN3OS/c1-9(2)14-18-10(3)13(16(20-14)22-4)15(21)19-12-8-6-5-7-11(12)17/h5-9H,1-4H3,(H,19,21). The van der Waals surface area contributed by atoms with E-state index in [0.29, 0.717) is 22.1 Å². The molecule has 0 atom stereocenters. The number of hydrogen-bond donors (Lipinski definition) is 1. The number of aromatic nitrogens is 2. The lowest BCUT2D eigenvalue weighted by Gasteiger charge is -2.13. The van der Waals surface area contributed by atoms with Crippen molar-refractivity contribution in [1.29, 1.82) is 0 Å². The maximum atomic E-state index is 13.7. The van der Waals surface area contributed by atoms with E-state index in [0.717, 1.165) is 0 Å². The number of nitrogens with zero attached hydrogens (tertiary/aromatic N) is 2. The molecule has 0 aliphatic rings. The van der Waals surface area contributed by atoms with Crippen molar-refractivity contribution in [1.82, 2.24) is 9.97 Å². The number of para-hydroxylation sites is 1. The summed E-state index contributed by atoms with van der Waals surface area (Å²) in [7, 11) is 0.